The van der Waals surface area contributed by atoms with E-state index in [-0.39, 0.29) is 11.5 Å². The molecule has 0 radical (unpaired) electrons. The number of Topliss-reactive ketones (excluding diaryl/α,β-unsaturated/α-hetero) is 1. The number of morpholine rings is 1. The third-order valence-electron chi connectivity index (χ3n) is 4.54. The second-order valence-electron chi connectivity index (χ2n) is 5.97. The van der Waals surface area contributed by atoms with Crippen molar-refractivity contribution in [2.24, 2.45) is 0 Å². The van der Waals surface area contributed by atoms with E-state index in [2.05, 4.69) is 18.7 Å². The molecule has 1 aromatic rings. The molecule has 1 aromatic carbocycles. The maximum absolute atomic E-state index is 12.6. The number of carbonyl (C=O) groups excluding carboxylic acids is 1. The molecule has 0 aliphatic carbocycles. The minimum atomic E-state index is -0.128. The van der Waals surface area contributed by atoms with E-state index in [1.54, 1.807) is 18.3 Å². The van der Waals surface area contributed by atoms with Crippen LogP contribution in [0.3, 0.4) is 0 Å². The summed E-state index contributed by atoms with van der Waals surface area (Å²) in [6, 6.07) is 3.22. The zero-order valence-corrected chi connectivity index (χ0v) is 14.2. The van der Waals surface area contributed by atoms with Crippen LogP contribution in [-0.2, 0) is 11.3 Å². The van der Waals surface area contributed by atoms with Crippen LogP contribution in [0.5, 0.6) is 11.5 Å². The first-order chi connectivity index (χ1) is 11.6. The summed E-state index contributed by atoms with van der Waals surface area (Å²) in [6.07, 6.45) is 1.77. The van der Waals surface area contributed by atoms with Crippen LogP contribution >= 0.6 is 0 Å². The molecule has 2 aliphatic heterocycles. The van der Waals surface area contributed by atoms with E-state index in [0.717, 1.165) is 26.2 Å². The summed E-state index contributed by atoms with van der Waals surface area (Å²) >= 11 is 0. The van der Waals surface area contributed by atoms with E-state index in [0.29, 0.717) is 42.4 Å². The highest BCUT2D eigenvalue weighted by atomic mass is 16.5. The Labute approximate surface area is 142 Å². The summed E-state index contributed by atoms with van der Waals surface area (Å²) < 4.78 is 11.2. The van der Waals surface area contributed by atoms with Gasteiger partial charge in [-0.2, -0.15) is 0 Å². The van der Waals surface area contributed by atoms with E-state index < -0.39 is 0 Å². The van der Waals surface area contributed by atoms with E-state index in [1.165, 1.54) is 0 Å². The highest BCUT2D eigenvalue weighted by Gasteiger charge is 2.32. The molecule has 0 aromatic heterocycles. The molecule has 0 unspecified atom stereocenters. The number of fused-ring (bicyclic) bond motifs is 1. The lowest BCUT2D eigenvalue weighted by molar-refractivity contribution is 0.0577. The molecule has 2 aliphatic rings. The summed E-state index contributed by atoms with van der Waals surface area (Å²) in [6.45, 7) is 9.22. The fourth-order valence-corrected chi connectivity index (χ4v) is 2.98. The van der Waals surface area contributed by atoms with Gasteiger partial charge in [-0.1, -0.05) is 13.8 Å². The number of hydrogen-bond donors (Lipinski definition) is 1. The van der Waals surface area contributed by atoms with Crippen LogP contribution in [-0.4, -0.2) is 60.1 Å². The molecule has 0 atom stereocenters. The minimum absolute atomic E-state index is 0.128. The van der Waals surface area contributed by atoms with Gasteiger partial charge in [0, 0.05) is 25.8 Å². The topological polar surface area (TPSA) is 62.2 Å². The van der Waals surface area contributed by atoms with Crippen LogP contribution in [0.25, 0.3) is 0 Å². The Bertz CT molecular complexity index is 647. The number of carbonyl (C=O) groups is 1. The van der Waals surface area contributed by atoms with Crippen LogP contribution < -0.4 is 4.74 Å². The lowest BCUT2D eigenvalue weighted by Gasteiger charge is -2.25. The van der Waals surface area contributed by atoms with Crippen LogP contribution in [0.1, 0.15) is 29.8 Å². The highest BCUT2D eigenvalue weighted by molar-refractivity contribution is 6.12. The molecule has 6 heteroatoms. The number of hydrogen-bond acceptors (Lipinski definition) is 6. The van der Waals surface area contributed by atoms with Crippen molar-refractivity contribution in [3.05, 3.63) is 35.2 Å². The van der Waals surface area contributed by atoms with Crippen LogP contribution in [0.2, 0.25) is 0 Å². The molecule has 1 N–H and O–H groups in total. The second-order valence-corrected chi connectivity index (χ2v) is 5.97. The Morgan fingerprint density at radius 1 is 1.25 bits per heavy atom. The third kappa shape index (κ3) is 3.25. The van der Waals surface area contributed by atoms with Crippen LogP contribution in [0.4, 0.5) is 0 Å². The smallest absolute Gasteiger partial charge is 0.233 e. The normalized spacial score (nSPS) is 19.0. The summed E-state index contributed by atoms with van der Waals surface area (Å²) in [5, 5.41) is 10.2. The van der Waals surface area contributed by atoms with E-state index in [9.17, 15) is 9.90 Å². The van der Waals surface area contributed by atoms with Gasteiger partial charge < -0.3 is 19.5 Å². The molecule has 6 nitrogen and oxygen atoms in total. The predicted octanol–water partition coefficient (Wildman–Crippen LogP) is 1.98. The summed E-state index contributed by atoms with van der Waals surface area (Å²) in [5.74, 6) is 0.850. The zero-order valence-electron chi connectivity index (χ0n) is 14.2. The number of ether oxygens (including phenoxy) is 2. The van der Waals surface area contributed by atoms with Crippen molar-refractivity contribution in [2.45, 2.75) is 20.4 Å². The Hall–Kier alpha value is -2.05. The van der Waals surface area contributed by atoms with Crippen molar-refractivity contribution in [3.63, 3.8) is 0 Å². The lowest BCUT2D eigenvalue weighted by atomic mass is 10.0. The number of phenolic OH excluding ortho intramolecular Hbond substituents is 1. The lowest BCUT2D eigenvalue weighted by Crippen LogP contribution is -2.32. The van der Waals surface area contributed by atoms with Gasteiger partial charge in [-0.25, -0.2) is 0 Å². The third-order valence-corrected chi connectivity index (χ3v) is 4.54. The number of allylic oxidation sites excluding steroid dienone is 1. The standard InChI is InChI=1S/C18H24N2O4/c1-3-19(4-2)11-14-15(21)6-5-13-17(22)16(24-18(13)14)12-20-7-9-23-10-8-20/h5-6,12,21H,3-4,7-11H2,1-2H3. The van der Waals surface area contributed by atoms with Crippen LogP contribution in [0, 0.1) is 0 Å². The second kappa shape index (κ2) is 7.23. The Kier molecular flexibility index (Phi) is 5.06. The van der Waals surface area contributed by atoms with E-state index in [1.807, 2.05) is 4.90 Å². The summed E-state index contributed by atoms with van der Waals surface area (Å²) in [7, 11) is 0. The van der Waals surface area contributed by atoms with E-state index in [4.69, 9.17) is 9.47 Å². The number of phenols is 1. The molecule has 0 saturated carbocycles. The number of aromatic hydroxyl groups is 1. The van der Waals surface area contributed by atoms with E-state index >= 15 is 0 Å². The van der Waals surface area contributed by atoms with Gasteiger partial charge in [0.2, 0.25) is 5.78 Å². The SMILES string of the molecule is CCN(CC)Cc1c(O)ccc2c1OC(=CN1CCOCC1)C2=O. The monoisotopic (exact) mass is 332 g/mol. The molecule has 0 amide bonds. The molecular weight excluding hydrogens is 308 g/mol. The molecule has 0 spiro atoms. The first-order valence-electron chi connectivity index (χ1n) is 8.47. The molecule has 2 heterocycles. The molecule has 3 rings (SSSR count). The average molecular weight is 332 g/mol. The molecule has 130 valence electrons. The largest absolute Gasteiger partial charge is 0.507 e. The number of ketones is 1. The molecular formula is C18H24N2O4. The maximum Gasteiger partial charge on any atom is 0.233 e. The fourth-order valence-electron chi connectivity index (χ4n) is 2.98. The fraction of sp³-hybridized carbons (Fsp3) is 0.500. The van der Waals surface area contributed by atoms with Crippen molar-refractivity contribution in [2.75, 3.05) is 39.4 Å². The van der Waals surface area contributed by atoms with Gasteiger partial charge in [-0.05, 0) is 25.2 Å². The Morgan fingerprint density at radius 3 is 2.62 bits per heavy atom. The van der Waals surface area contributed by atoms with Crippen molar-refractivity contribution in [3.8, 4) is 11.5 Å². The average Bonchev–Trinajstić information content (AvgIpc) is 2.91. The van der Waals surface area contributed by atoms with Gasteiger partial charge in [-0.3, -0.25) is 9.69 Å². The summed E-state index contributed by atoms with van der Waals surface area (Å²) in [5.41, 5.74) is 1.20. The molecule has 0 bridgehead atoms. The summed E-state index contributed by atoms with van der Waals surface area (Å²) in [4.78, 5) is 16.8. The van der Waals surface area contributed by atoms with Gasteiger partial charge in [0.15, 0.2) is 5.76 Å². The maximum atomic E-state index is 12.6. The van der Waals surface area contributed by atoms with Crippen LogP contribution in [0.15, 0.2) is 24.1 Å². The molecule has 24 heavy (non-hydrogen) atoms. The van der Waals surface area contributed by atoms with Gasteiger partial charge in [0.05, 0.1) is 24.3 Å². The van der Waals surface area contributed by atoms with Crippen molar-refractivity contribution in [1.82, 2.24) is 9.80 Å². The van der Waals surface area contributed by atoms with Crippen molar-refractivity contribution in [1.29, 1.82) is 0 Å². The first-order valence-corrected chi connectivity index (χ1v) is 8.47. The van der Waals surface area contributed by atoms with Crippen molar-refractivity contribution < 1.29 is 19.4 Å². The first kappa shape index (κ1) is 16.8. The van der Waals surface area contributed by atoms with Gasteiger partial charge >= 0.3 is 0 Å². The molecule has 1 saturated heterocycles. The van der Waals surface area contributed by atoms with Gasteiger partial charge in [0.25, 0.3) is 0 Å². The predicted molar refractivity (Wildman–Crippen MR) is 90.2 cm³/mol. The minimum Gasteiger partial charge on any atom is -0.507 e. The van der Waals surface area contributed by atoms with Gasteiger partial charge in [0.1, 0.15) is 11.5 Å². The number of rotatable bonds is 5. The number of nitrogens with zero attached hydrogens (tertiary/aromatic N) is 2. The quantitative estimate of drug-likeness (QED) is 0.832. The number of benzene rings is 1. The Balaban J connectivity index is 1.88. The highest BCUT2D eigenvalue weighted by Crippen LogP contribution is 2.39. The molecule has 1 fully saturated rings. The van der Waals surface area contributed by atoms with Gasteiger partial charge in [-0.15, -0.1) is 0 Å². The zero-order chi connectivity index (χ0) is 17.1. The van der Waals surface area contributed by atoms with Crippen molar-refractivity contribution >= 4 is 5.78 Å². The Morgan fingerprint density at radius 2 is 1.96 bits per heavy atom.